The fourth-order valence-electron chi connectivity index (χ4n) is 5.62. The molecule has 5 rings (SSSR count). The topological polar surface area (TPSA) is 106 Å². The van der Waals surface area contributed by atoms with Crippen LogP contribution < -0.4 is 10.6 Å². The highest BCUT2D eigenvalue weighted by Crippen LogP contribution is 2.43. The van der Waals surface area contributed by atoms with E-state index in [1.807, 2.05) is 5.32 Å². The Bertz CT molecular complexity index is 1300. The number of rotatable bonds is 8. The highest BCUT2D eigenvalue weighted by molar-refractivity contribution is 5.78. The van der Waals surface area contributed by atoms with Crippen LogP contribution in [0.1, 0.15) is 62.1 Å². The fourth-order valence-corrected chi connectivity index (χ4v) is 5.62. The molecule has 1 aromatic carbocycles. The van der Waals surface area contributed by atoms with Crippen molar-refractivity contribution in [2.45, 2.75) is 80.8 Å². The first kappa shape index (κ1) is 30.2. The molecule has 3 fully saturated rings. The van der Waals surface area contributed by atoms with Gasteiger partial charge in [-0.25, -0.2) is 32.1 Å². The van der Waals surface area contributed by atoms with Gasteiger partial charge in [0.2, 0.25) is 11.8 Å². The molecule has 1 saturated heterocycles. The van der Waals surface area contributed by atoms with E-state index in [1.165, 1.54) is 25.3 Å². The van der Waals surface area contributed by atoms with Crippen LogP contribution in [0.5, 0.6) is 0 Å². The predicted octanol–water partition coefficient (Wildman–Crippen LogP) is 5.86. The number of urea groups is 1. The quantitative estimate of drug-likeness (QED) is 0.363. The van der Waals surface area contributed by atoms with Gasteiger partial charge in [0.15, 0.2) is 5.58 Å². The van der Waals surface area contributed by atoms with Crippen molar-refractivity contribution in [2.75, 3.05) is 20.3 Å². The molecule has 2 aliphatic carbocycles. The second-order valence-corrected chi connectivity index (χ2v) is 11.1. The lowest BCUT2D eigenvalue weighted by molar-refractivity contribution is -0.150. The van der Waals surface area contributed by atoms with Gasteiger partial charge in [-0.15, -0.1) is 0 Å². The van der Waals surface area contributed by atoms with E-state index in [0.717, 1.165) is 4.90 Å². The number of nitrogens with zero attached hydrogens (tertiary/aromatic N) is 2. The maximum Gasteiger partial charge on any atom is 0.410 e. The van der Waals surface area contributed by atoms with Gasteiger partial charge in [-0.05, 0) is 36.5 Å². The number of oxazole rings is 1. The Morgan fingerprint density at radius 1 is 1.19 bits per heavy atom. The fraction of sp³-hybridized carbons (Fsp3) is 0.654. The molecule has 0 radical (unpaired) electrons. The van der Waals surface area contributed by atoms with Crippen LogP contribution in [-0.4, -0.2) is 72.4 Å². The smallest absolute Gasteiger partial charge is 0.410 e. The number of aromatic nitrogens is 1. The molecule has 42 heavy (non-hydrogen) atoms. The number of fused-ring (bicyclic) bond motifs is 1. The average Bonchev–Trinajstić information content (AvgIpc) is 3.48. The van der Waals surface area contributed by atoms with E-state index in [2.05, 4.69) is 10.3 Å². The minimum absolute atomic E-state index is 0.0176. The number of benzene rings is 1. The standard InChI is InChI=1S/C26H29F7N4O5/c1-40-12-17(37-11-19(26(31,32)33)35-22(37)38)14-2-3-18-16(8-14)34-21(42-18)20(13-4-6-24(27,28)7-5-13)36-23(39)41-15-9-25(29,30)10-15/h2-3,8,13,15,17,19-20H,4-7,9-12H2,1H3,(H,35,38)(H,36,39)/t17-,19+,20+/m1/s1. The van der Waals surface area contributed by atoms with Gasteiger partial charge in [-0.1, -0.05) is 6.07 Å². The summed E-state index contributed by atoms with van der Waals surface area (Å²) in [6, 6.07) is -0.368. The monoisotopic (exact) mass is 610 g/mol. The third-order valence-electron chi connectivity index (χ3n) is 7.95. The van der Waals surface area contributed by atoms with Crippen molar-refractivity contribution >= 4 is 23.2 Å². The van der Waals surface area contributed by atoms with Crippen molar-refractivity contribution in [1.82, 2.24) is 20.5 Å². The van der Waals surface area contributed by atoms with Crippen LogP contribution in [0.2, 0.25) is 0 Å². The number of methoxy groups -OCH3 is 1. The second kappa shape index (κ2) is 11.1. The molecule has 1 aliphatic heterocycles. The van der Waals surface area contributed by atoms with Crippen LogP contribution >= 0.6 is 0 Å². The lowest BCUT2D eigenvalue weighted by Gasteiger charge is -2.35. The van der Waals surface area contributed by atoms with E-state index in [4.69, 9.17) is 13.9 Å². The molecule has 3 aliphatic rings. The number of hydrogen-bond acceptors (Lipinski definition) is 6. The Morgan fingerprint density at radius 3 is 2.48 bits per heavy atom. The number of alkyl carbamates (subject to hydrolysis) is 1. The largest absolute Gasteiger partial charge is 0.446 e. The summed E-state index contributed by atoms with van der Waals surface area (Å²) in [4.78, 5) is 30.4. The van der Waals surface area contributed by atoms with E-state index in [9.17, 15) is 40.3 Å². The summed E-state index contributed by atoms with van der Waals surface area (Å²) in [5.41, 5.74) is 0.855. The lowest BCUT2D eigenvalue weighted by atomic mass is 9.82. The molecule has 2 N–H and O–H groups in total. The molecule has 16 heteroatoms. The molecule has 9 nitrogen and oxygen atoms in total. The molecular formula is C26H29F7N4O5. The van der Waals surface area contributed by atoms with E-state index in [1.54, 1.807) is 0 Å². The highest BCUT2D eigenvalue weighted by Gasteiger charge is 2.49. The number of nitrogens with one attached hydrogen (secondary N) is 2. The third kappa shape index (κ3) is 6.52. The summed E-state index contributed by atoms with van der Waals surface area (Å²) >= 11 is 0. The number of ether oxygens (including phenoxy) is 2. The van der Waals surface area contributed by atoms with E-state index in [0.29, 0.717) is 5.56 Å². The summed E-state index contributed by atoms with van der Waals surface area (Å²) in [6.45, 7) is -0.757. The van der Waals surface area contributed by atoms with Crippen LogP contribution in [0.3, 0.4) is 0 Å². The molecule has 2 saturated carbocycles. The summed E-state index contributed by atoms with van der Waals surface area (Å²) in [7, 11) is 1.34. The van der Waals surface area contributed by atoms with Gasteiger partial charge in [0, 0.05) is 32.8 Å². The zero-order valence-corrected chi connectivity index (χ0v) is 22.4. The number of alkyl halides is 7. The average molecular weight is 611 g/mol. The molecule has 1 aromatic heterocycles. The highest BCUT2D eigenvalue weighted by atomic mass is 19.4. The van der Waals surface area contributed by atoms with Crippen LogP contribution in [0.25, 0.3) is 11.1 Å². The van der Waals surface area contributed by atoms with Crippen LogP contribution in [0.4, 0.5) is 40.3 Å². The van der Waals surface area contributed by atoms with Crippen molar-refractivity contribution in [1.29, 1.82) is 0 Å². The Kier molecular flexibility index (Phi) is 7.96. The zero-order valence-electron chi connectivity index (χ0n) is 22.4. The van der Waals surface area contributed by atoms with E-state index in [-0.39, 0.29) is 36.4 Å². The van der Waals surface area contributed by atoms with Gasteiger partial charge in [0.1, 0.15) is 23.7 Å². The minimum Gasteiger partial charge on any atom is -0.446 e. The molecular weight excluding hydrogens is 581 g/mol. The Labute approximate surface area is 235 Å². The van der Waals surface area contributed by atoms with Gasteiger partial charge in [0.25, 0.3) is 5.92 Å². The normalized spacial score (nSPS) is 24.2. The van der Waals surface area contributed by atoms with Crippen LogP contribution in [-0.2, 0) is 9.47 Å². The van der Waals surface area contributed by atoms with Crippen molar-refractivity contribution in [2.24, 2.45) is 5.92 Å². The van der Waals surface area contributed by atoms with Crippen LogP contribution in [0, 0.1) is 5.92 Å². The number of hydrogen-bond donors (Lipinski definition) is 2. The maximum atomic E-state index is 13.9. The van der Waals surface area contributed by atoms with Gasteiger partial charge in [0.05, 0.1) is 19.2 Å². The van der Waals surface area contributed by atoms with E-state index < -0.39 is 92.5 Å². The summed E-state index contributed by atoms with van der Waals surface area (Å²) in [5, 5.41) is 4.47. The SMILES string of the molecule is COC[C@H](c1ccc2oc([C@@H](NC(=O)OC3CC(F)(F)C3)C3CCC(F)(F)CC3)nc2c1)N1C[C@@H](C(F)(F)F)NC1=O. The minimum atomic E-state index is -4.64. The van der Waals surface area contributed by atoms with Crippen LogP contribution in [0.15, 0.2) is 22.6 Å². The number of amides is 3. The first-order chi connectivity index (χ1) is 19.6. The molecule has 3 amide bonds. The van der Waals surface area contributed by atoms with E-state index >= 15 is 0 Å². The summed E-state index contributed by atoms with van der Waals surface area (Å²) < 4.78 is 110. The Balaban J connectivity index is 1.39. The molecule has 2 heterocycles. The molecule has 0 bridgehead atoms. The molecule has 0 unspecified atom stereocenters. The van der Waals surface area contributed by atoms with Gasteiger partial charge in [-0.3, -0.25) is 0 Å². The number of halogens is 7. The van der Waals surface area contributed by atoms with Gasteiger partial charge in [-0.2, -0.15) is 13.2 Å². The first-order valence-electron chi connectivity index (χ1n) is 13.4. The Morgan fingerprint density at radius 2 is 1.88 bits per heavy atom. The molecule has 0 spiro atoms. The molecule has 232 valence electrons. The summed E-state index contributed by atoms with van der Waals surface area (Å²) in [6.07, 6.45) is -8.70. The van der Waals surface area contributed by atoms with Crippen molar-refractivity contribution in [3.8, 4) is 0 Å². The maximum absolute atomic E-state index is 13.9. The van der Waals surface area contributed by atoms with Crippen molar-refractivity contribution in [3.05, 3.63) is 29.7 Å². The Hall–Kier alpha value is -3.30. The van der Waals surface area contributed by atoms with Crippen molar-refractivity contribution in [3.63, 3.8) is 0 Å². The second-order valence-electron chi connectivity index (χ2n) is 11.1. The first-order valence-corrected chi connectivity index (χ1v) is 13.4. The number of carbonyl (C=O) groups excluding carboxylic acids is 2. The molecule has 2 aromatic rings. The predicted molar refractivity (Wildman–Crippen MR) is 131 cm³/mol. The summed E-state index contributed by atoms with van der Waals surface area (Å²) in [5.74, 6) is -6.34. The van der Waals surface area contributed by atoms with Crippen molar-refractivity contribution < 1.29 is 54.2 Å². The molecule has 3 atom stereocenters. The third-order valence-corrected chi connectivity index (χ3v) is 7.95. The van der Waals surface area contributed by atoms with Gasteiger partial charge >= 0.3 is 18.3 Å². The number of carbonyl (C=O) groups is 2. The lowest BCUT2D eigenvalue weighted by Crippen LogP contribution is -2.45. The zero-order chi connectivity index (χ0) is 30.4. The van der Waals surface area contributed by atoms with Gasteiger partial charge < -0.3 is 29.4 Å².